The SMILES string of the molecule is COc1ccc2c(CC/C=C/O)coc2c1. The molecule has 0 amide bonds. The first-order chi connectivity index (χ1) is 7.85. The number of fused-ring (bicyclic) bond motifs is 1. The molecule has 84 valence electrons. The second kappa shape index (κ2) is 4.75. The molecule has 3 nitrogen and oxygen atoms in total. The average Bonchev–Trinajstić information content (AvgIpc) is 2.72. The number of aryl methyl sites for hydroxylation is 1. The molecule has 2 aromatic rings. The molecular weight excluding hydrogens is 204 g/mol. The topological polar surface area (TPSA) is 42.6 Å². The second-order valence-corrected chi connectivity index (χ2v) is 3.55. The molecule has 1 N–H and O–H groups in total. The van der Waals surface area contributed by atoms with E-state index in [0.717, 1.165) is 41.4 Å². The van der Waals surface area contributed by atoms with Gasteiger partial charge in [-0.1, -0.05) is 0 Å². The van der Waals surface area contributed by atoms with Crippen LogP contribution in [-0.2, 0) is 6.42 Å². The molecular formula is C13H14O3. The maximum atomic E-state index is 8.56. The van der Waals surface area contributed by atoms with E-state index >= 15 is 0 Å². The van der Waals surface area contributed by atoms with Crippen LogP contribution in [0.3, 0.4) is 0 Å². The number of methoxy groups -OCH3 is 1. The van der Waals surface area contributed by atoms with Crippen LogP contribution in [0.1, 0.15) is 12.0 Å². The van der Waals surface area contributed by atoms with Crippen molar-refractivity contribution in [1.29, 1.82) is 0 Å². The number of aliphatic hydroxyl groups excluding tert-OH is 1. The summed E-state index contributed by atoms with van der Waals surface area (Å²) < 4.78 is 10.6. The van der Waals surface area contributed by atoms with Crippen molar-refractivity contribution in [2.24, 2.45) is 0 Å². The molecule has 0 aliphatic carbocycles. The van der Waals surface area contributed by atoms with E-state index in [9.17, 15) is 0 Å². The van der Waals surface area contributed by atoms with Gasteiger partial charge in [0.05, 0.1) is 19.6 Å². The Morgan fingerprint density at radius 1 is 1.44 bits per heavy atom. The predicted molar refractivity (Wildman–Crippen MR) is 62.9 cm³/mol. The summed E-state index contributed by atoms with van der Waals surface area (Å²) in [6.45, 7) is 0. The number of furan rings is 1. The molecule has 1 aromatic carbocycles. The van der Waals surface area contributed by atoms with Gasteiger partial charge in [0.25, 0.3) is 0 Å². The number of allylic oxidation sites excluding steroid dienone is 1. The Hall–Kier alpha value is -1.90. The summed E-state index contributed by atoms with van der Waals surface area (Å²) in [5.74, 6) is 0.795. The fourth-order valence-electron chi connectivity index (χ4n) is 1.70. The van der Waals surface area contributed by atoms with E-state index in [-0.39, 0.29) is 0 Å². The lowest BCUT2D eigenvalue weighted by Gasteiger charge is -1.98. The number of benzene rings is 1. The molecule has 0 aliphatic rings. The Kier molecular flexibility index (Phi) is 3.15. The first-order valence-electron chi connectivity index (χ1n) is 5.18. The average molecular weight is 218 g/mol. The quantitative estimate of drug-likeness (QED) is 0.799. The molecule has 3 heteroatoms. The van der Waals surface area contributed by atoms with Gasteiger partial charge in [0.15, 0.2) is 0 Å². The Morgan fingerprint density at radius 2 is 2.31 bits per heavy atom. The van der Waals surface area contributed by atoms with Gasteiger partial charge in [-0.3, -0.25) is 0 Å². The first kappa shape index (κ1) is 10.6. The van der Waals surface area contributed by atoms with Gasteiger partial charge in [0.2, 0.25) is 0 Å². The van der Waals surface area contributed by atoms with Gasteiger partial charge in [0.1, 0.15) is 11.3 Å². The standard InChI is InChI=1S/C13H14O3/c1-15-11-5-6-12-10(4-2-3-7-14)9-16-13(12)8-11/h3,5-9,14H,2,4H2,1H3/b7-3+. The summed E-state index contributed by atoms with van der Waals surface area (Å²) >= 11 is 0. The first-order valence-corrected chi connectivity index (χ1v) is 5.18. The summed E-state index contributed by atoms with van der Waals surface area (Å²) in [7, 11) is 1.64. The molecule has 0 fully saturated rings. The van der Waals surface area contributed by atoms with E-state index < -0.39 is 0 Å². The van der Waals surface area contributed by atoms with Gasteiger partial charge in [0, 0.05) is 11.5 Å². The number of aliphatic hydroxyl groups is 1. The maximum absolute atomic E-state index is 8.56. The van der Waals surface area contributed by atoms with E-state index in [0.29, 0.717) is 0 Å². The van der Waals surface area contributed by atoms with E-state index in [1.165, 1.54) is 0 Å². The van der Waals surface area contributed by atoms with Crippen molar-refractivity contribution < 1.29 is 14.3 Å². The number of ether oxygens (including phenoxy) is 1. The molecule has 0 atom stereocenters. The van der Waals surface area contributed by atoms with Crippen molar-refractivity contribution in [3.05, 3.63) is 42.4 Å². The molecule has 0 spiro atoms. The largest absolute Gasteiger partial charge is 0.516 e. The number of hydrogen-bond acceptors (Lipinski definition) is 3. The van der Waals surface area contributed by atoms with Crippen LogP contribution in [0, 0.1) is 0 Å². The van der Waals surface area contributed by atoms with Gasteiger partial charge >= 0.3 is 0 Å². The molecule has 1 heterocycles. The smallest absolute Gasteiger partial charge is 0.137 e. The van der Waals surface area contributed by atoms with Crippen LogP contribution < -0.4 is 4.74 Å². The normalized spacial score (nSPS) is 11.3. The van der Waals surface area contributed by atoms with Gasteiger partial charge in [-0.05, 0) is 36.6 Å². The zero-order valence-corrected chi connectivity index (χ0v) is 9.14. The lowest BCUT2D eigenvalue weighted by molar-refractivity contribution is 0.414. The summed E-state index contributed by atoms with van der Waals surface area (Å²) in [6.07, 6.45) is 6.22. The molecule has 16 heavy (non-hydrogen) atoms. The van der Waals surface area contributed by atoms with Crippen LogP contribution in [0.2, 0.25) is 0 Å². The van der Waals surface area contributed by atoms with E-state index in [1.807, 2.05) is 18.2 Å². The monoisotopic (exact) mass is 218 g/mol. The van der Waals surface area contributed by atoms with Crippen LogP contribution in [-0.4, -0.2) is 12.2 Å². The van der Waals surface area contributed by atoms with Crippen molar-refractivity contribution in [2.75, 3.05) is 7.11 Å². The predicted octanol–water partition coefficient (Wildman–Crippen LogP) is 3.45. The lowest BCUT2D eigenvalue weighted by atomic mass is 10.1. The maximum Gasteiger partial charge on any atom is 0.137 e. The highest BCUT2D eigenvalue weighted by atomic mass is 16.5. The van der Waals surface area contributed by atoms with Crippen molar-refractivity contribution >= 4 is 11.0 Å². The van der Waals surface area contributed by atoms with Gasteiger partial charge in [-0.15, -0.1) is 0 Å². The minimum absolute atomic E-state index is 0.795. The van der Waals surface area contributed by atoms with Crippen LogP contribution in [0.25, 0.3) is 11.0 Å². The molecule has 0 aliphatic heterocycles. The number of hydrogen-bond donors (Lipinski definition) is 1. The molecule has 0 saturated heterocycles. The summed E-state index contributed by atoms with van der Waals surface area (Å²) in [5.41, 5.74) is 1.98. The Bertz CT molecular complexity index is 497. The molecule has 0 radical (unpaired) electrons. The summed E-state index contributed by atoms with van der Waals surface area (Å²) in [5, 5.41) is 9.66. The van der Waals surface area contributed by atoms with Crippen LogP contribution >= 0.6 is 0 Å². The highest BCUT2D eigenvalue weighted by Gasteiger charge is 2.05. The van der Waals surface area contributed by atoms with Crippen molar-refractivity contribution in [3.63, 3.8) is 0 Å². The third-order valence-electron chi connectivity index (χ3n) is 2.55. The molecule has 1 aromatic heterocycles. The highest BCUT2D eigenvalue weighted by molar-refractivity contribution is 5.82. The fourth-order valence-corrected chi connectivity index (χ4v) is 1.70. The Balaban J connectivity index is 2.27. The summed E-state index contributed by atoms with van der Waals surface area (Å²) in [6, 6.07) is 5.79. The Labute approximate surface area is 94.0 Å². The fraction of sp³-hybridized carbons (Fsp3) is 0.231. The van der Waals surface area contributed by atoms with Crippen molar-refractivity contribution in [1.82, 2.24) is 0 Å². The van der Waals surface area contributed by atoms with Gasteiger partial charge in [-0.2, -0.15) is 0 Å². The summed E-state index contributed by atoms with van der Waals surface area (Å²) in [4.78, 5) is 0. The van der Waals surface area contributed by atoms with E-state index in [1.54, 1.807) is 19.4 Å². The van der Waals surface area contributed by atoms with Crippen molar-refractivity contribution in [2.45, 2.75) is 12.8 Å². The molecule has 0 bridgehead atoms. The number of rotatable bonds is 4. The van der Waals surface area contributed by atoms with E-state index in [4.69, 9.17) is 14.3 Å². The zero-order chi connectivity index (χ0) is 11.4. The van der Waals surface area contributed by atoms with Crippen LogP contribution in [0.5, 0.6) is 5.75 Å². The Morgan fingerprint density at radius 3 is 3.06 bits per heavy atom. The second-order valence-electron chi connectivity index (χ2n) is 3.55. The third-order valence-corrected chi connectivity index (χ3v) is 2.55. The lowest BCUT2D eigenvalue weighted by Crippen LogP contribution is -1.83. The minimum Gasteiger partial charge on any atom is -0.516 e. The zero-order valence-electron chi connectivity index (χ0n) is 9.14. The van der Waals surface area contributed by atoms with E-state index in [2.05, 4.69) is 0 Å². The minimum atomic E-state index is 0.795. The third kappa shape index (κ3) is 2.03. The van der Waals surface area contributed by atoms with Crippen LogP contribution in [0.4, 0.5) is 0 Å². The van der Waals surface area contributed by atoms with Gasteiger partial charge in [-0.25, -0.2) is 0 Å². The molecule has 0 unspecified atom stereocenters. The van der Waals surface area contributed by atoms with Gasteiger partial charge < -0.3 is 14.3 Å². The van der Waals surface area contributed by atoms with Crippen LogP contribution in [0.15, 0.2) is 41.2 Å². The van der Waals surface area contributed by atoms with Crippen molar-refractivity contribution in [3.8, 4) is 5.75 Å². The molecule has 0 saturated carbocycles. The highest BCUT2D eigenvalue weighted by Crippen LogP contribution is 2.26. The molecule has 2 rings (SSSR count).